The number of nitrogens with zero attached hydrogens (tertiary/aromatic N) is 1. The molecule has 0 saturated carbocycles. The monoisotopic (exact) mass is 337 g/mol. The number of aliphatic hydroxyl groups excluding tert-OH is 1. The topological polar surface area (TPSA) is 79.2 Å². The van der Waals surface area contributed by atoms with Crippen LogP contribution < -0.4 is 9.47 Å². The maximum atomic E-state index is 11.9. The first-order valence-corrected chi connectivity index (χ1v) is 8.32. The van der Waals surface area contributed by atoms with Gasteiger partial charge < -0.3 is 19.7 Å². The van der Waals surface area contributed by atoms with Crippen molar-refractivity contribution in [2.45, 2.75) is 38.8 Å². The lowest BCUT2D eigenvalue weighted by Gasteiger charge is -2.43. The van der Waals surface area contributed by atoms with Crippen LogP contribution >= 0.6 is 0 Å². The summed E-state index contributed by atoms with van der Waals surface area (Å²) in [7, 11) is 3.22. The number of benzene rings is 1. The average Bonchev–Trinajstić information content (AvgIpc) is 2.58. The van der Waals surface area contributed by atoms with Crippen LogP contribution in [0.1, 0.15) is 31.7 Å². The molecule has 1 aliphatic heterocycles. The number of rotatable bonds is 7. The zero-order valence-electron chi connectivity index (χ0n) is 14.6. The fraction of sp³-hybridized carbons (Fsp3) is 0.611. The minimum absolute atomic E-state index is 0.318. The predicted molar refractivity (Wildman–Crippen MR) is 90.4 cm³/mol. The summed E-state index contributed by atoms with van der Waals surface area (Å²) >= 11 is 0. The minimum atomic E-state index is -1.11. The van der Waals surface area contributed by atoms with E-state index in [0.717, 1.165) is 23.5 Å². The van der Waals surface area contributed by atoms with Gasteiger partial charge in [0, 0.05) is 19.6 Å². The SMILES string of the molecule is CCC[C@@]1(C(=O)O)CN(Cc2c(OC)cccc2OC)CC[C@@H]1O. The maximum Gasteiger partial charge on any atom is 0.313 e. The molecule has 0 bridgehead atoms. The van der Waals surface area contributed by atoms with E-state index >= 15 is 0 Å². The van der Waals surface area contributed by atoms with Crippen LogP contribution in [0, 0.1) is 5.41 Å². The summed E-state index contributed by atoms with van der Waals surface area (Å²) in [4.78, 5) is 14.0. The smallest absolute Gasteiger partial charge is 0.313 e. The van der Waals surface area contributed by atoms with Gasteiger partial charge in [0.2, 0.25) is 0 Å². The van der Waals surface area contributed by atoms with Gasteiger partial charge in [0.05, 0.1) is 25.9 Å². The zero-order chi connectivity index (χ0) is 17.7. The zero-order valence-corrected chi connectivity index (χ0v) is 14.6. The van der Waals surface area contributed by atoms with Crippen LogP contribution in [0.3, 0.4) is 0 Å². The molecular formula is C18H27NO5. The van der Waals surface area contributed by atoms with Gasteiger partial charge in [0.15, 0.2) is 0 Å². The van der Waals surface area contributed by atoms with Crippen molar-refractivity contribution in [1.82, 2.24) is 4.90 Å². The summed E-state index contributed by atoms with van der Waals surface area (Å²) in [6, 6.07) is 5.60. The van der Waals surface area contributed by atoms with E-state index in [1.807, 2.05) is 25.1 Å². The van der Waals surface area contributed by atoms with E-state index in [4.69, 9.17) is 9.47 Å². The second kappa shape index (κ2) is 7.85. The van der Waals surface area contributed by atoms with Gasteiger partial charge in [-0.2, -0.15) is 0 Å². The largest absolute Gasteiger partial charge is 0.496 e. The van der Waals surface area contributed by atoms with Gasteiger partial charge in [-0.15, -0.1) is 0 Å². The molecule has 6 nitrogen and oxygen atoms in total. The molecule has 0 amide bonds. The molecule has 1 saturated heterocycles. The highest BCUT2D eigenvalue weighted by Crippen LogP contribution is 2.38. The fourth-order valence-corrected chi connectivity index (χ4v) is 3.62. The van der Waals surface area contributed by atoms with E-state index in [-0.39, 0.29) is 0 Å². The summed E-state index contributed by atoms with van der Waals surface area (Å²) in [5.41, 5.74) is -0.211. The molecule has 2 atom stereocenters. The molecule has 24 heavy (non-hydrogen) atoms. The van der Waals surface area contributed by atoms with Gasteiger partial charge in [-0.05, 0) is 25.0 Å². The van der Waals surface area contributed by atoms with Crippen LogP contribution in [0.25, 0.3) is 0 Å². The lowest BCUT2D eigenvalue weighted by Crippen LogP contribution is -2.55. The van der Waals surface area contributed by atoms with Gasteiger partial charge in [-0.3, -0.25) is 9.69 Å². The Balaban J connectivity index is 2.27. The molecule has 0 aliphatic carbocycles. The molecule has 6 heteroatoms. The van der Waals surface area contributed by atoms with E-state index in [1.165, 1.54) is 0 Å². The summed E-state index contributed by atoms with van der Waals surface area (Å²) in [6.07, 6.45) is 0.813. The van der Waals surface area contributed by atoms with Crippen LogP contribution in [0.4, 0.5) is 0 Å². The molecule has 2 N–H and O–H groups in total. The van der Waals surface area contributed by atoms with Crippen molar-refractivity contribution in [3.63, 3.8) is 0 Å². The minimum Gasteiger partial charge on any atom is -0.496 e. The Morgan fingerprint density at radius 1 is 1.33 bits per heavy atom. The number of methoxy groups -OCH3 is 2. The predicted octanol–water partition coefficient (Wildman–Crippen LogP) is 2.14. The number of aliphatic hydroxyl groups is 1. The molecule has 0 unspecified atom stereocenters. The summed E-state index contributed by atoms with van der Waals surface area (Å²) in [6.45, 7) is 3.43. The lowest BCUT2D eigenvalue weighted by atomic mass is 9.74. The van der Waals surface area contributed by atoms with Crippen molar-refractivity contribution in [3.8, 4) is 11.5 Å². The highest BCUT2D eigenvalue weighted by Gasteiger charge is 2.48. The second-order valence-corrected chi connectivity index (χ2v) is 6.37. The van der Waals surface area contributed by atoms with E-state index in [0.29, 0.717) is 32.5 Å². The van der Waals surface area contributed by atoms with E-state index < -0.39 is 17.5 Å². The molecule has 0 aromatic heterocycles. The normalized spacial score (nSPS) is 24.6. The molecule has 0 spiro atoms. The molecule has 134 valence electrons. The average molecular weight is 337 g/mol. The van der Waals surface area contributed by atoms with Gasteiger partial charge in [0.1, 0.15) is 16.9 Å². The Morgan fingerprint density at radius 2 is 1.96 bits per heavy atom. The third kappa shape index (κ3) is 3.49. The maximum absolute atomic E-state index is 11.9. The van der Waals surface area contributed by atoms with Crippen molar-refractivity contribution >= 4 is 5.97 Å². The molecule has 1 heterocycles. The van der Waals surface area contributed by atoms with Crippen LogP contribution in [0.15, 0.2) is 18.2 Å². The van der Waals surface area contributed by atoms with Crippen molar-refractivity contribution in [3.05, 3.63) is 23.8 Å². The van der Waals surface area contributed by atoms with Crippen molar-refractivity contribution < 1.29 is 24.5 Å². The van der Waals surface area contributed by atoms with Crippen LogP contribution in [-0.4, -0.2) is 54.5 Å². The quantitative estimate of drug-likeness (QED) is 0.794. The van der Waals surface area contributed by atoms with Gasteiger partial charge in [0.25, 0.3) is 0 Å². The van der Waals surface area contributed by atoms with Gasteiger partial charge >= 0.3 is 5.97 Å². The number of carboxylic acids is 1. The first-order chi connectivity index (χ1) is 11.5. The van der Waals surface area contributed by atoms with Crippen LogP contribution in [0.2, 0.25) is 0 Å². The number of piperidine rings is 1. The van der Waals surface area contributed by atoms with Gasteiger partial charge in [-0.1, -0.05) is 19.4 Å². The third-order valence-electron chi connectivity index (χ3n) is 4.90. The molecular weight excluding hydrogens is 310 g/mol. The molecule has 1 aliphatic rings. The number of carbonyl (C=O) groups is 1. The van der Waals surface area contributed by atoms with E-state index in [2.05, 4.69) is 4.90 Å². The Bertz CT molecular complexity index is 554. The number of likely N-dealkylation sites (tertiary alicyclic amines) is 1. The first-order valence-electron chi connectivity index (χ1n) is 8.32. The summed E-state index contributed by atoms with van der Waals surface area (Å²) in [5, 5.41) is 20.1. The standard InChI is InChI=1S/C18H27NO5/c1-4-9-18(17(21)22)12-19(10-8-16(18)20)11-13-14(23-2)6-5-7-15(13)24-3/h5-7,16,20H,4,8-12H2,1-3H3,(H,21,22)/t16-,18+/m0/s1. The highest BCUT2D eigenvalue weighted by molar-refractivity contribution is 5.76. The molecule has 2 rings (SSSR count). The first kappa shape index (κ1) is 18.5. The van der Waals surface area contributed by atoms with Crippen molar-refractivity contribution in [1.29, 1.82) is 0 Å². The number of aliphatic carboxylic acids is 1. The van der Waals surface area contributed by atoms with E-state index in [9.17, 15) is 15.0 Å². The van der Waals surface area contributed by atoms with Crippen LogP contribution in [0.5, 0.6) is 11.5 Å². The summed E-state index contributed by atoms with van der Waals surface area (Å²) < 4.78 is 10.9. The molecule has 1 fully saturated rings. The summed E-state index contributed by atoms with van der Waals surface area (Å²) in [5.74, 6) is 0.516. The lowest BCUT2D eigenvalue weighted by molar-refractivity contribution is -0.164. The second-order valence-electron chi connectivity index (χ2n) is 6.37. The molecule has 1 aromatic carbocycles. The number of hydrogen-bond acceptors (Lipinski definition) is 5. The number of carboxylic acid groups (broad SMARTS) is 1. The highest BCUT2D eigenvalue weighted by atomic mass is 16.5. The van der Waals surface area contributed by atoms with Crippen molar-refractivity contribution in [2.75, 3.05) is 27.3 Å². The Hall–Kier alpha value is -1.79. The Kier molecular flexibility index (Phi) is 6.07. The Morgan fingerprint density at radius 3 is 2.46 bits per heavy atom. The third-order valence-corrected chi connectivity index (χ3v) is 4.90. The number of hydrogen-bond donors (Lipinski definition) is 2. The fourth-order valence-electron chi connectivity index (χ4n) is 3.62. The molecule has 1 aromatic rings. The van der Waals surface area contributed by atoms with E-state index in [1.54, 1.807) is 14.2 Å². The molecule has 0 radical (unpaired) electrons. The van der Waals surface area contributed by atoms with Gasteiger partial charge in [-0.25, -0.2) is 0 Å². The van der Waals surface area contributed by atoms with Crippen LogP contribution in [-0.2, 0) is 11.3 Å². The number of ether oxygens (including phenoxy) is 2. The Labute approximate surface area is 143 Å². The van der Waals surface area contributed by atoms with Crippen molar-refractivity contribution in [2.24, 2.45) is 5.41 Å².